The molecule has 29 heavy (non-hydrogen) atoms. The quantitative estimate of drug-likeness (QED) is 0.648. The average molecular weight is 425 g/mol. The van der Waals surface area contributed by atoms with Crippen LogP contribution in [0.3, 0.4) is 0 Å². The lowest BCUT2D eigenvalue weighted by atomic mass is 9.78. The minimum atomic E-state index is -3.58. The molecule has 1 aliphatic rings. The minimum absolute atomic E-state index is 0.106. The van der Waals surface area contributed by atoms with Gasteiger partial charge >= 0.3 is 5.97 Å². The van der Waals surface area contributed by atoms with Crippen molar-refractivity contribution >= 4 is 21.9 Å². The van der Waals surface area contributed by atoms with Crippen molar-refractivity contribution in [1.82, 2.24) is 9.62 Å². The molecule has 1 aromatic carbocycles. The van der Waals surface area contributed by atoms with E-state index in [0.717, 1.165) is 12.8 Å². The van der Waals surface area contributed by atoms with Gasteiger partial charge in [0.2, 0.25) is 10.0 Å². The van der Waals surface area contributed by atoms with Crippen molar-refractivity contribution in [3.8, 4) is 0 Å². The van der Waals surface area contributed by atoms with E-state index < -0.39 is 16.0 Å². The third kappa shape index (κ3) is 5.79. The third-order valence-corrected chi connectivity index (χ3v) is 7.88. The number of amides is 1. The molecule has 0 bridgehead atoms. The number of hydrogen-bond donors (Lipinski definition) is 1. The van der Waals surface area contributed by atoms with Crippen LogP contribution in [0.25, 0.3) is 0 Å². The fourth-order valence-corrected chi connectivity index (χ4v) is 5.18. The van der Waals surface area contributed by atoms with E-state index in [1.54, 1.807) is 13.8 Å². The van der Waals surface area contributed by atoms with Gasteiger partial charge in [0.05, 0.1) is 10.5 Å². The van der Waals surface area contributed by atoms with E-state index in [0.29, 0.717) is 24.9 Å². The summed E-state index contributed by atoms with van der Waals surface area (Å²) in [5.74, 6) is -0.0199. The smallest absolute Gasteiger partial charge is 0.338 e. The summed E-state index contributed by atoms with van der Waals surface area (Å²) >= 11 is 0. The summed E-state index contributed by atoms with van der Waals surface area (Å²) in [4.78, 5) is 24.5. The maximum absolute atomic E-state index is 12.5. The Bertz CT molecular complexity index is 803. The van der Waals surface area contributed by atoms with Gasteiger partial charge in [-0.3, -0.25) is 4.79 Å². The van der Waals surface area contributed by atoms with Crippen molar-refractivity contribution in [2.75, 3.05) is 19.7 Å². The number of esters is 1. The first-order valence-corrected chi connectivity index (χ1v) is 11.7. The van der Waals surface area contributed by atoms with Crippen LogP contribution < -0.4 is 5.32 Å². The zero-order chi connectivity index (χ0) is 21.6. The highest BCUT2D eigenvalue weighted by molar-refractivity contribution is 7.89. The van der Waals surface area contributed by atoms with Gasteiger partial charge in [0.25, 0.3) is 5.91 Å². The highest BCUT2D eigenvalue weighted by Crippen LogP contribution is 2.29. The van der Waals surface area contributed by atoms with E-state index in [1.807, 2.05) is 0 Å². The van der Waals surface area contributed by atoms with E-state index in [-0.39, 0.29) is 29.0 Å². The zero-order valence-corrected chi connectivity index (χ0v) is 18.5. The minimum Gasteiger partial charge on any atom is -0.452 e. The van der Waals surface area contributed by atoms with Gasteiger partial charge in [0.1, 0.15) is 0 Å². The molecule has 1 saturated carbocycles. The summed E-state index contributed by atoms with van der Waals surface area (Å²) in [6.45, 7) is 8.25. The second-order valence-electron chi connectivity index (χ2n) is 7.63. The van der Waals surface area contributed by atoms with Crippen molar-refractivity contribution in [2.45, 2.75) is 57.9 Å². The molecule has 2 rings (SSSR count). The zero-order valence-electron chi connectivity index (χ0n) is 17.7. The molecule has 1 fully saturated rings. The average Bonchev–Trinajstić information content (AvgIpc) is 2.70. The third-order valence-electron chi connectivity index (χ3n) is 5.82. The predicted molar refractivity (Wildman–Crippen MR) is 111 cm³/mol. The number of benzene rings is 1. The van der Waals surface area contributed by atoms with Crippen molar-refractivity contribution in [3.05, 3.63) is 29.8 Å². The fourth-order valence-electron chi connectivity index (χ4n) is 3.72. The number of hydrogen-bond acceptors (Lipinski definition) is 5. The molecule has 0 aromatic heterocycles. The number of carbonyl (C=O) groups excluding carboxylic acids is 2. The van der Waals surface area contributed by atoms with E-state index in [1.165, 1.54) is 35.0 Å². The number of rotatable bonds is 8. The molecule has 0 aliphatic heterocycles. The molecule has 0 saturated heterocycles. The molecular weight excluding hydrogens is 392 g/mol. The molecule has 1 aliphatic carbocycles. The summed E-state index contributed by atoms with van der Waals surface area (Å²) < 4.78 is 31.4. The summed E-state index contributed by atoms with van der Waals surface area (Å²) in [5, 5.41) is 2.96. The van der Waals surface area contributed by atoms with Crippen molar-refractivity contribution in [2.24, 2.45) is 11.8 Å². The normalized spacial score (nSPS) is 22.3. The van der Waals surface area contributed by atoms with Crippen LogP contribution in [-0.2, 0) is 19.6 Å². The van der Waals surface area contributed by atoms with Crippen LogP contribution in [0, 0.1) is 11.8 Å². The largest absolute Gasteiger partial charge is 0.452 e. The molecule has 162 valence electrons. The van der Waals surface area contributed by atoms with Crippen molar-refractivity contribution in [3.63, 3.8) is 0 Å². The second-order valence-corrected chi connectivity index (χ2v) is 9.57. The molecule has 1 N–H and O–H groups in total. The summed E-state index contributed by atoms with van der Waals surface area (Å²) in [6, 6.07) is 5.68. The molecule has 1 amide bonds. The lowest BCUT2D eigenvalue weighted by molar-refractivity contribution is -0.125. The monoisotopic (exact) mass is 424 g/mol. The van der Waals surface area contributed by atoms with Crippen LogP contribution >= 0.6 is 0 Å². The predicted octanol–water partition coefficient (Wildman–Crippen LogP) is 2.81. The Hall–Kier alpha value is -1.93. The van der Waals surface area contributed by atoms with Crippen LogP contribution in [-0.4, -0.2) is 50.3 Å². The van der Waals surface area contributed by atoms with Gasteiger partial charge in [-0.1, -0.05) is 40.5 Å². The van der Waals surface area contributed by atoms with Gasteiger partial charge in [-0.05, 0) is 42.5 Å². The first kappa shape index (κ1) is 23.3. The molecule has 0 heterocycles. The first-order valence-electron chi connectivity index (χ1n) is 10.3. The molecule has 3 atom stereocenters. The van der Waals surface area contributed by atoms with Gasteiger partial charge in [0, 0.05) is 19.1 Å². The molecular formula is C21H32N2O5S. The molecule has 7 nitrogen and oxygen atoms in total. The summed E-state index contributed by atoms with van der Waals surface area (Å²) in [5.41, 5.74) is 0.205. The highest BCUT2D eigenvalue weighted by Gasteiger charge is 2.28. The highest BCUT2D eigenvalue weighted by atomic mass is 32.2. The van der Waals surface area contributed by atoms with E-state index in [9.17, 15) is 18.0 Å². The molecule has 0 spiro atoms. The SMILES string of the molecule is CCN(CC)S(=O)(=O)c1ccc(C(=O)OCC(=O)N[C@H]2CCC[C@@H](C)[C@@H]2C)cc1. The summed E-state index contributed by atoms with van der Waals surface area (Å²) in [7, 11) is -3.58. The number of ether oxygens (including phenoxy) is 1. The van der Waals surface area contributed by atoms with Gasteiger partial charge in [-0.15, -0.1) is 0 Å². The van der Waals surface area contributed by atoms with Crippen LogP contribution in [0.15, 0.2) is 29.2 Å². The van der Waals surface area contributed by atoms with E-state index in [2.05, 4.69) is 19.2 Å². The lowest BCUT2D eigenvalue weighted by Crippen LogP contribution is -2.45. The van der Waals surface area contributed by atoms with Crippen molar-refractivity contribution < 1.29 is 22.7 Å². The lowest BCUT2D eigenvalue weighted by Gasteiger charge is -2.34. The Kier molecular flexibility index (Phi) is 8.22. The van der Waals surface area contributed by atoms with Gasteiger partial charge in [0.15, 0.2) is 6.61 Å². The van der Waals surface area contributed by atoms with E-state index in [4.69, 9.17) is 4.74 Å². The number of nitrogens with one attached hydrogen (secondary N) is 1. The Balaban J connectivity index is 1.92. The Morgan fingerprint density at radius 1 is 1.10 bits per heavy atom. The molecule has 0 unspecified atom stereocenters. The van der Waals surface area contributed by atoms with Gasteiger partial charge in [-0.2, -0.15) is 4.31 Å². The fraction of sp³-hybridized carbons (Fsp3) is 0.619. The molecule has 8 heteroatoms. The second kappa shape index (κ2) is 10.2. The molecule has 0 radical (unpaired) electrons. The van der Waals surface area contributed by atoms with E-state index >= 15 is 0 Å². The van der Waals surface area contributed by atoms with Crippen LogP contribution in [0.4, 0.5) is 0 Å². The van der Waals surface area contributed by atoms with Crippen LogP contribution in [0.1, 0.15) is 57.3 Å². The Morgan fingerprint density at radius 3 is 2.31 bits per heavy atom. The number of sulfonamides is 1. The maximum atomic E-state index is 12.5. The number of carbonyl (C=O) groups is 2. The summed E-state index contributed by atoms with van der Waals surface area (Å²) in [6.07, 6.45) is 3.19. The Morgan fingerprint density at radius 2 is 1.72 bits per heavy atom. The van der Waals surface area contributed by atoms with Crippen LogP contribution in [0.2, 0.25) is 0 Å². The number of nitrogens with zero attached hydrogens (tertiary/aromatic N) is 1. The Labute approximate surface area is 173 Å². The maximum Gasteiger partial charge on any atom is 0.338 e. The van der Waals surface area contributed by atoms with Gasteiger partial charge in [-0.25, -0.2) is 13.2 Å². The first-order chi connectivity index (χ1) is 13.7. The topological polar surface area (TPSA) is 92.8 Å². The standard InChI is InChI=1S/C21H32N2O5S/c1-5-23(6-2)29(26,27)18-12-10-17(11-13-18)21(25)28-14-20(24)22-19-9-7-8-15(3)16(19)4/h10-13,15-16,19H,5-9,14H2,1-4H3,(H,22,24)/t15-,16+,19+/m1/s1. The van der Waals surface area contributed by atoms with Crippen molar-refractivity contribution in [1.29, 1.82) is 0 Å². The van der Waals surface area contributed by atoms with Crippen LogP contribution in [0.5, 0.6) is 0 Å². The molecule has 1 aromatic rings. The van der Waals surface area contributed by atoms with Gasteiger partial charge < -0.3 is 10.1 Å².